The molecule has 1 heterocycles. The van der Waals surface area contributed by atoms with Gasteiger partial charge in [-0.1, -0.05) is 30.8 Å². The Morgan fingerprint density at radius 2 is 2.13 bits per heavy atom. The second-order valence-corrected chi connectivity index (χ2v) is 3.76. The van der Waals surface area contributed by atoms with Crippen LogP contribution in [0.15, 0.2) is 36.5 Å². The van der Waals surface area contributed by atoms with E-state index in [9.17, 15) is 4.79 Å². The van der Waals surface area contributed by atoms with Crippen LogP contribution in [-0.4, -0.2) is 16.8 Å². The highest BCUT2D eigenvalue weighted by Gasteiger charge is 2.21. The summed E-state index contributed by atoms with van der Waals surface area (Å²) in [7, 11) is 0. The molecule has 1 amide bonds. The van der Waals surface area contributed by atoms with Gasteiger partial charge in [0.1, 0.15) is 0 Å². The molecule has 1 aliphatic heterocycles. The molecule has 1 aromatic carbocycles. The van der Waals surface area contributed by atoms with E-state index in [0.717, 1.165) is 11.3 Å². The van der Waals surface area contributed by atoms with E-state index in [-0.39, 0.29) is 5.24 Å². The van der Waals surface area contributed by atoms with Gasteiger partial charge in [0.25, 0.3) is 0 Å². The van der Waals surface area contributed by atoms with Crippen LogP contribution in [0.2, 0.25) is 0 Å². The van der Waals surface area contributed by atoms with Gasteiger partial charge in [0.05, 0.1) is 12.2 Å². The van der Waals surface area contributed by atoms with Crippen molar-refractivity contribution in [1.82, 2.24) is 5.01 Å². The highest BCUT2D eigenvalue weighted by Crippen LogP contribution is 2.24. The Morgan fingerprint density at radius 1 is 1.40 bits per heavy atom. The molecule has 0 saturated heterocycles. The fraction of sp³-hybridized carbons (Fsp3) is 0.182. The predicted octanol–water partition coefficient (Wildman–Crippen LogP) is 2.60. The van der Waals surface area contributed by atoms with Crippen LogP contribution in [0.3, 0.4) is 0 Å². The molecular weight excluding hydrogens is 208 g/mol. The maximum absolute atomic E-state index is 11.2. The molecule has 0 saturated carbocycles. The van der Waals surface area contributed by atoms with E-state index in [4.69, 9.17) is 0 Å². The van der Waals surface area contributed by atoms with Gasteiger partial charge in [-0.2, -0.15) is 0 Å². The van der Waals surface area contributed by atoms with Crippen LogP contribution < -0.4 is 5.01 Å². The topological polar surface area (TPSA) is 23.6 Å². The Labute approximate surface area is 94.4 Å². The smallest absolute Gasteiger partial charge is 0.274 e. The summed E-state index contributed by atoms with van der Waals surface area (Å²) in [4.78, 5) is 11.2. The Balaban J connectivity index is 2.32. The lowest BCUT2D eigenvalue weighted by atomic mass is 10.2. The molecular formula is C11H12N2OS. The van der Waals surface area contributed by atoms with Crippen LogP contribution in [0.1, 0.15) is 5.56 Å². The average Bonchev–Trinajstić information content (AvgIpc) is 2.67. The molecule has 1 aliphatic rings. The minimum atomic E-state index is -0.271. The number of carbonyl (C=O) groups is 1. The van der Waals surface area contributed by atoms with Crippen molar-refractivity contribution < 1.29 is 4.79 Å². The van der Waals surface area contributed by atoms with Crippen molar-refractivity contribution in [1.29, 1.82) is 0 Å². The third kappa shape index (κ3) is 1.85. The van der Waals surface area contributed by atoms with Gasteiger partial charge in [-0.15, -0.1) is 0 Å². The summed E-state index contributed by atoms with van der Waals surface area (Å²) in [5.41, 5.74) is 2.17. The van der Waals surface area contributed by atoms with Crippen molar-refractivity contribution >= 4 is 23.6 Å². The molecule has 2 rings (SSSR count). The largest absolute Gasteiger partial charge is 0.301 e. The number of nitrogens with zero attached hydrogens (tertiary/aromatic N) is 2. The molecule has 1 aromatic rings. The molecule has 0 radical (unpaired) electrons. The monoisotopic (exact) mass is 220 g/mol. The Morgan fingerprint density at radius 3 is 2.80 bits per heavy atom. The predicted molar refractivity (Wildman–Crippen MR) is 63.9 cm³/mol. The number of para-hydroxylation sites is 1. The molecule has 3 nitrogen and oxygen atoms in total. The van der Waals surface area contributed by atoms with E-state index in [1.165, 1.54) is 5.01 Å². The summed E-state index contributed by atoms with van der Waals surface area (Å²) in [5, 5.41) is 3.13. The highest BCUT2D eigenvalue weighted by atomic mass is 32.1. The summed E-state index contributed by atoms with van der Waals surface area (Å²) in [5.74, 6) is 0. The van der Waals surface area contributed by atoms with E-state index >= 15 is 0 Å². The van der Waals surface area contributed by atoms with Crippen molar-refractivity contribution in [2.24, 2.45) is 0 Å². The molecule has 0 atom stereocenters. The molecule has 0 fully saturated rings. The first-order chi connectivity index (χ1) is 7.20. The molecule has 78 valence electrons. The molecule has 4 heteroatoms. The van der Waals surface area contributed by atoms with E-state index in [1.807, 2.05) is 42.3 Å². The number of amides is 1. The zero-order chi connectivity index (χ0) is 10.8. The molecule has 15 heavy (non-hydrogen) atoms. The summed E-state index contributed by atoms with van der Waals surface area (Å²) in [6, 6.07) is 7.96. The number of aryl methyl sites for hydroxylation is 1. The van der Waals surface area contributed by atoms with Gasteiger partial charge in [-0.3, -0.25) is 9.80 Å². The summed E-state index contributed by atoms with van der Waals surface area (Å²) in [6.07, 6.45) is 3.67. The van der Waals surface area contributed by atoms with E-state index in [0.29, 0.717) is 6.54 Å². The van der Waals surface area contributed by atoms with Gasteiger partial charge in [0.2, 0.25) is 0 Å². The Hall–Kier alpha value is -1.42. The van der Waals surface area contributed by atoms with Crippen LogP contribution in [0.25, 0.3) is 0 Å². The van der Waals surface area contributed by atoms with E-state index in [1.54, 1.807) is 6.20 Å². The lowest BCUT2D eigenvalue weighted by Gasteiger charge is -2.28. The van der Waals surface area contributed by atoms with Crippen LogP contribution in [0.5, 0.6) is 0 Å². The number of hydrogen-bond donors (Lipinski definition) is 1. The van der Waals surface area contributed by atoms with Gasteiger partial charge < -0.3 is 0 Å². The maximum Gasteiger partial charge on any atom is 0.301 e. The van der Waals surface area contributed by atoms with Crippen LogP contribution in [-0.2, 0) is 0 Å². The molecule has 0 unspecified atom stereocenters. The number of benzene rings is 1. The van der Waals surface area contributed by atoms with Crippen LogP contribution >= 0.6 is 12.6 Å². The number of carbonyl (C=O) groups excluding carboxylic acids is 1. The summed E-state index contributed by atoms with van der Waals surface area (Å²) in [6.45, 7) is 2.73. The molecule has 0 N–H and O–H groups in total. The minimum Gasteiger partial charge on any atom is -0.274 e. The van der Waals surface area contributed by atoms with Gasteiger partial charge in [0.15, 0.2) is 0 Å². The van der Waals surface area contributed by atoms with Crippen molar-refractivity contribution in [2.75, 3.05) is 11.6 Å². The van der Waals surface area contributed by atoms with Gasteiger partial charge >= 0.3 is 5.24 Å². The Kier molecular flexibility index (Phi) is 2.68. The lowest BCUT2D eigenvalue weighted by Crippen LogP contribution is -2.37. The zero-order valence-corrected chi connectivity index (χ0v) is 9.32. The quantitative estimate of drug-likeness (QED) is 0.735. The third-order valence-corrected chi connectivity index (χ3v) is 2.58. The van der Waals surface area contributed by atoms with Gasteiger partial charge in [-0.25, -0.2) is 5.01 Å². The minimum absolute atomic E-state index is 0.271. The number of rotatable bonds is 1. The lowest BCUT2D eigenvalue weighted by molar-refractivity contribution is 0.239. The van der Waals surface area contributed by atoms with Crippen molar-refractivity contribution in [3.05, 3.63) is 42.1 Å². The van der Waals surface area contributed by atoms with Crippen LogP contribution in [0.4, 0.5) is 10.5 Å². The van der Waals surface area contributed by atoms with E-state index < -0.39 is 0 Å². The molecule has 0 aliphatic carbocycles. The fourth-order valence-corrected chi connectivity index (χ4v) is 1.82. The number of thiol groups is 1. The first-order valence-corrected chi connectivity index (χ1v) is 5.17. The number of hydrazine groups is 1. The normalized spacial score (nSPS) is 14.8. The summed E-state index contributed by atoms with van der Waals surface area (Å²) < 4.78 is 0. The summed E-state index contributed by atoms with van der Waals surface area (Å²) >= 11 is 3.83. The van der Waals surface area contributed by atoms with Gasteiger partial charge in [0, 0.05) is 6.20 Å². The average molecular weight is 220 g/mol. The first kappa shape index (κ1) is 10.1. The fourth-order valence-electron chi connectivity index (χ4n) is 1.65. The van der Waals surface area contributed by atoms with Crippen molar-refractivity contribution in [3.63, 3.8) is 0 Å². The highest BCUT2D eigenvalue weighted by molar-refractivity contribution is 7.96. The number of anilines is 1. The first-order valence-electron chi connectivity index (χ1n) is 4.72. The SMILES string of the molecule is Cc1ccccc1N1CC=CN1C(=O)S. The second kappa shape index (κ2) is 3.98. The third-order valence-electron chi connectivity index (χ3n) is 2.37. The van der Waals surface area contributed by atoms with Crippen molar-refractivity contribution in [3.8, 4) is 0 Å². The standard InChI is InChI=1S/C11H12N2OS/c1-9-5-2-3-6-10(9)12-7-4-8-13(12)11(14)15/h2-6,8H,7H2,1H3,(H,14,15). The molecule has 0 spiro atoms. The van der Waals surface area contributed by atoms with Gasteiger partial charge in [-0.05, 0) is 24.6 Å². The maximum atomic E-state index is 11.2. The zero-order valence-electron chi connectivity index (χ0n) is 8.42. The van der Waals surface area contributed by atoms with Crippen molar-refractivity contribution in [2.45, 2.75) is 6.92 Å². The van der Waals surface area contributed by atoms with Crippen LogP contribution in [0, 0.1) is 6.92 Å². The number of hydrogen-bond acceptors (Lipinski definition) is 2. The molecule has 0 aromatic heterocycles. The van der Waals surface area contributed by atoms with E-state index in [2.05, 4.69) is 12.6 Å². The molecule has 0 bridgehead atoms. The second-order valence-electron chi connectivity index (χ2n) is 3.38. The Bertz CT molecular complexity index is 417.